The lowest BCUT2D eigenvalue weighted by Crippen LogP contribution is -2.40. The summed E-state index contributed by atoms with van der Waals surface area (Å²) < 4.78 is 40.4. The number of benzene rings is 2. The summed E-state index contributed by atoms with van der Waals surface area (Å²) in [5, 5.41) is 2.66. The highest BCUT2D eigenvalue weighted by Gasteiger charge is 2.28. The fourth-order valence-corrected chi connectivity index (χ4v) is 5.15. The number of amides is 2. The van der Waals surface area contributed by atoms with Gasteiger partial charge in [0.15, 0.2) is 0 Å². The van der Waals surface area contributed by atoms with E-state index in [1.807, 2.05) is 0 Å². The number of halogens is 1. The van der Waals surface area contributed by atoms with Gasteiger partial charge in [-0.05, 0) is 54.8 Å². The number of sulfonamides is 1. The van der Waals surface area contributed by atoms with Gasteiger partial charge in [-0.1, -0.05) is 19.1 Å². The molecule has 0 aromatic heterocycles. The van der Waals surface area contributed by atoms with Gasteiger partial charge in [-0.25, -0.2) is 12.8 Å². The van der Waals surface area contributed by atoms with Crippen LogP contribution in [0.4, 0.5) is 10.1 Å². The van der Waals surface area contributed by atoms with Crippen LogP contribution < -0.4 is 10.2 Å². The Morgan fingerprint density at radius 1 is 1.19 bits per heavy atom. The molecule has 1 saturated heterocycles. The normalized spacial score (nSPS) is 14.3. The average Bonchev–Trinajstić information content (AvgIpc) is 3.17. The number of likely N-dealkylation sites (N-methyl/N-ethyl adjacent to an activating group) is 1. The molecule has 1 fully saturated rings. The maximum absolute atomic E-state index is 13.2. The quantitative estimate of drug-likeness (QED) is 0.674. The van der Waals surface area contributed by atoms with Crippen LogP contribution in [0.15, 0.2) is 47.4 Å². The maximum atomic E-state index is 13.2. The molecule has 1 heterocycles. The zero-order valence-corrected chi connectivity index (χ0v) is 18.4. The molecule has 31 heavy (non-hydrogen) atoms. The van der Waals surface area contributed by atoms with E-state index in [1.54, 1.807) is 43.0 Å². The van der Waals surface area contributed by atoms with Gasteiger partial charge < -0.3 is 10.2 Å². The smallest absolute Gasteiger partial charge is 0.243 e. The number of rotatable bonds is 8. The Bertz CT molecular complexity index is 1070. The van der Waals surface area contributed by atoms with Crippen LogP contribution >= 0.6 is 0 Å². The molecule has 0 atom stereocenters. The summed E-state index contributed by atoms with van der Waals surface area (Å²) in [7, 11) is -3.90. The second kappa shape index (κ2) is 9.57. The number of aryl methyl sites for hydroxylation is 1. The maximum Gasteiger partial charge on any atom is 0.243 e. The second-order valence-electron chi connectivity index (χ2n) is 7.43. The molecule has 0 bridgehead atoms. The van der Waals surface area contributed by atoms with Gasteiger partial charge in [-0.2, -0.15) is 4.31 Å². The zero-order chi connectivity index (χ0) is 22.6. The van der Waals surface area contributed by atoms with Crippen molar-refractivity contribution >= 4 is 27.5 Å². The molecule has 0 saturated carbocycles. The number of nitrogens with zero attached hydrogens (tertiary/aromatic N) is 2. The Balaban J connectivity index is 1.70. The molecular formula is C22H26FN3O4S. The molecule has 1 N–H and O–H groups in total. The standard InChI is InChI=1S/C22H26FN3O4S/c1-3-25(15-21(27)24-14-17-6-8-18(23)9-7-17)31(29,30)20-11-10-19(13-16(20)2)26-12-4-5-22(26)28/h6-11,13H,3-5,12,14-15H2,1-2H3,(H,24,27). The summed E-state index contributed by atoms with van der Waals surface area (Å²) in [5.74, 6) is -0.788. The van der Waals surface area contributed by atoms with E-state index in [9.17, 15) is 22.4 Å². The van der Waals surface area contributed by atoms with Crippen LogP contribution in [-0.2, 0) is 26.2 Å². The molecule has 9 heteroatoms. The Morgan fingerprint density at radius 3 is 2.48 bits per heavy atom. The van der Waals surface area contributed by atoms with E-state index >= 15 is 0 Å². The van der Waals surface area contributed by atoms with Crippen LogP contribution in [0, 0.1) is 12.7 Å². The van der Waals surface area contributed by atoms with Crippen LogP contribution in [0.2, 0.25) is 0 Å². The van der Waals surface area contributed by atoms with Crippen LogP contribution in [0.5, 0.6) is 0 Å². The van der Waals surface area contributed by atoms with Crippen LogP contribution in [-0.4, -0.2) is 44.2 Å². The summed E-state index contributed by atoms with van der Waals surface area (Å²) in [6, 6.07) is 10.5. The summed E-state index contributed by atoms with van der Waals surface area (Å²) in [4.78, 5) is 26.1. The van der Waals surface area contributed by atoms with Crippen LogP contribution in [0.25, 0.3) is 0 Å². The average molecular weight is 448 g/mol. The number of nitrogens with one attached hydrogen (secondary N) is 1. The molecule has 1 aliphatic heterocycles. The molecule has 0 spiro atoms. The minimum absolute atomic E-state index is 0.0306. The topological polar surface area (TPSA) is 86.8 Å². The van der Waals surface area contributed by atoms with Crippen molar-refractivity contribution < 1.29 is 22.4 Å². The molecule has 0 aliphatic carbocycles. The van der Waals surface area contributed by atoms with Crippen molar-refractivity contribution in [3.8, 4) is 0 Å². The molecule has 2 aromatic rings. The highest BCUT2D eigenvalue weighted by Crippen LogP contribution is 2.27. The van der Waals surface area contributed by atoms with Gasteiger partial charge in [0.05, 0.1) is 11.4 Å². The first kappa shape index (κ1) is 22.9. The first-order valence-corrected chi connectivity index (χ1v) is 11.6. The van der Waals surface area contributed by atoms with Gasteiger partial charge in [-0.3, -0.25) is 9.59 Å². The lowest BCUT2D eigenvalue weighted by molar-refractivity contribution is -0.121. The van der Waals surface area contributed by atoms with Crippen molar-refractivity contribution in [2.24, 2.45) is 0 Å². The third-order valence-corrected chi connectivity index (χ3v) is 7.32. The van der Waals surface area contributed by atoms with Gasteiger partial charge in [0.25, 0.3) is 0 Å². The lowest BCUT2D eigenvalue weighted by atomic mass is 10.2. The summed E-state index contributed by atoms with van der Waals surface area (Å²) in [6.45, 7) is 3.94. The van der Waals surface area contributed by atoms with Crippen molar-refractivity contribution in [1.29, 1.82) is 0 Å². The third-order valence-electron chi connectivity index (χ3n) is 5.24. The second-order valence-corrected chi connectivity index (χ2v) is 9.34. The minimum atomic E-state index is -3.90. The monoisotopic (exact) mass is 447 g/mol. The molecule has 3 rings (SSSR count). The number of hydrogen-bond donors (Lipinski definition) is 1. The molecular weight excluding hydrogens is 421 g/mol. The predicted octanol–water partition coefficient (Wildman–Crippen LogP) is 2.59. The van der Waals surface area contributed by atoms with Crippen molar-refractivity contribution in [3.63, 3.8) is 0 Å². The minimum Gasteiger partial charge on any atom is -0.351 e. The largest absolute Gasteiger partial charge is 0.351 e. The van der Waals surface area contributed by atoms with E-state index < -0.39 is 15.9 Å². The van der Waals surface area contributed by atoms with E-state index in [1.165, 1.54) is 18.2 Å². The number of carbonyl (C=O) groups excluding carboxylic acids is 2. The SMILES string of the molecule is CCN(CC(=O)NCc1ccc(F)cc1)S(=O)(=O)c1ccc(N2CCCC2=O)cc1C. The number of carbonyl (C=O) groups is 2. The first-order valence-electron chi connectivity index (χ1n) is 10.1. The lowest BCUT2D eigenvalue weighted by Gasteiger charge is -2.22. The molecule has 2 amide bonds. The highest BCUT2D eigenvalue weighted by molar-refractivity contribution is 7.89. The Morgan fingerprint density at radius 2 is 1.90 bits per heavy atom. The fraction of sp³-hybridized carbons (Fsp3) is 0.364. The summed E-state index contributed by atoms with van der Waals surface area (Å²) in [6.07, 6.45) is 1.28. The van der Waals surface area contributed by atoms with Gasteiger partial charge in [0.2, 0.25) is 21.8 Å². The third kappa shape index (κ3) is 5.29. The molecule has 0 unspecified atom stereocenters. The summed E-state index contributed by atoms with van der Waals surface area (Å²) >= 11 is 0. The van der Waals surface area contributed by atoms with Crippen molar-refractivity contribution in [3.05, 3.63) is 59.4 Å². The predicted molar refractivity (Wildman–Crippen MR) is 115 cm³/mol. The van der Waals surface area contributed by atoms with Gasteiger partial charge >= 0.3 is 0 Å². The van der Waals surface area contributed by atoms with Crippen LogP contribution in [0.3, 0.4) is 0 Å². The highest BCUT2D eigenvalue weighted by atomic mass is 32.2. The van der Waals surface area contributed by atoms with E-state index in [-0.39, 0.29) is 36.3 Å². The Hall–Kier alpha value is -2.78. The van der Waals surface area contributed by atoms with Crippen molar-refractivity contribution in [2.45, 2.75) is 38.1 Å². The Kier molecular flexibility index (Phi) is 7.07. The fourth-order valence-electron chi connectivity index (χ4n) is 3.54. The van der Waals surface area contributed by atoms with E-state index in [0.29, 0.717) is 29.8 Å². The van der Waals surface area contributed by atoms with Gasteiger partial charge in [0.1, 0.15) is 5.82 Å². The van der Waals surface area contributed by atoms with Crippen LogP contribution in [0.1, 0.15) is 30.9 Å². The molecule has 0 radical (unpaired) electrons. The molecule has 2 aromatic carbocycles. The van der Waals surface area contributed by atoms with Crippen molar-refractivity contribution in [1.82, 2.24) is 9.62 Å². The van der Waals surface area contributed by atoms with Crippen molar-refractivity contribution in [2.75, 3.05) is 24.5 Å². The molecule has 166 valence electrons. The number of hydrogen-bond acceptors (Lipinski definition) is 4. The van der Waals surface area contributed by atoms with Gasteiger partial charge in [0, 0.05) is 31.7 Å². The van der Waals surface area contributed by atoms with E-state index in [2.05, 4.69) is 5.32 Å². The summed E-state index contributed by atoms with van der Waals surface area (Å²) in [5.41, 5.74) is 1.91. The Labute approximate surface area is 181 Å². The molecule has 1 aliphatic rings. The molecule has 7 nitrogen and oxygen atoms in total. The van der Waals surface area contributed by atoms with E-state index in [4.69, 9.17) is 0 Å². The van der Waals surface area contributed by atoms with Gasteiger partial charge in [-0.15, -0.1) is 0 Å². The number of anilines is 1. The zero-order valence-electron chi connectivity index (χ0n) is 17.6. The first-order chi connectivity index (χ1) is 14.7. The van der Waals surface area contributed by atoms with E-state index in [0.717, 1.165) is 10.7 Å².